The Morgan fingerprint density at radius 1 is 1.71 bits per heavy atom. The van der Waals surface area contributed by atoms with Gasteiger partial charge in [-0.1, -0.05) is 6.07 Å². The van der Waals surface area contributed by atoms with Crippen molar-refractivity contribution in [2.75, 3.05) is 19.7 Å². The van der Waals surface area contributed by atoms with E-state index in [9.17, 15) is 4.79 Å². The van der Waals surface area contributed by atoms with Crippen LogP contribution in [0.25, 0.3) is 0 Å². The first kappa shape index (κ1) is 9.30. The highest BCUT2D eigenvalue weighted by Crippen LogP contribution is 2.04. The summed E-state index contributed by atoms with van der Waals surface area (Å²) in [5.74, 6) is -0.0637. The Kier molecular flexibility index (Phi) is 2.86. The molecule has 2 rings (SSSR count). The molecular weight excluding hydrogens is 180 g/mol. The lowest BCUT2D eigenvalue weighted by Gasteiger charge is -2.21. The lowest BCUT2D eigenvalue weighted by Crippen LogP contribution is -2.43. The van der Waals surface area contributed by atoms with Crippen LogP contribution in [0.2, 0.25) is 0 Å². The number of hydrogen-bond acceptors (Lipinski definition) is 4. The molecule has 0 aliphatic carbocycles. The largest absolute Gasteiger partial charge is 0.367 e. The van der Waals surface area contributed by atoms with E-state index >= 15 is 0 Å². The van der Waals surface area contributed by atoms with Crippen LogP contribution in [0.5, 0.6) is 0 Å². The zero-order valence-corrected chi connectivity index (χ0v) is 7.69. The third kappa shape index (κ3) is 1.97. The molecule has 1 aromatic rings. The molecule has 1 aliphatic rings. The predicted molar refractivity (Wildman–Crippen MR) is 50.0 cm³/mol. The van der Waals surface area contributed by atoms with Gasteiger partial charge in [0.05, 0.1) is 6.61 Å². The zero-order chi connectivity index (χ0) is 9.80. The lowest BCUT2D eigenvalue weighted by molar-refractivity contribution is 0.0265. The average molecular weight is 191 g/mol. The summed E-state index contributed by atoms with van der Waals surface area (Å²) < 4.78 is 5.33. The molecule has 0 aromatic carbocycles. The minimum Gasteiger partial charge on any atom is -0.367 e. The molecule has 0 amide bonds. The second kappa shape index (κ2) is 4.30. The summed E-state index contributed by atoms with van der Waals surface area (Å²) in [5, 5.41) is 3.10. The van der Waals surface area contributed by atoms with Crippen molar-refractivity contribution < 1.29 is 9.53 Å². The van der Waals surface area contributed by atoms with E-state index in [-0.39, 0.29) is 5.78 Å². The third-order valence-corrected chi connectivity index (χ3v) is 2.09. The van der Waals surface area contributed by atoms with E-state index in [2.05, 4.69) is 16.4 Å². The predicted octanol–water partition coefficient (Wildman–Crippen LogP) is 0.0529. The highest BCUT2D eigenvalue weighted by molar-refractivity contribution is 5.97. The molecule has 1 fully saturated rings. The average Bonchev–Trinajstić information content (AvgIpc) is 2.30. The van der Waals surface area contributed by atoms with Crippen molar-refractivity contribution in [3.8, 4) is 0 Å². The molecule has 1 aromatic heterocycles. The fourth-order valence-corrected chi connectivity index (χ4v) is 1.36. The second-order valence-corrected chi connectivity index (χ2v) is 3.07. The molecule has 1 saturated heterocycles. The number of pyridine rings is 1. The highest BCUT2D eigenvalue weighted by Gasteiger charge is 2.23. The Balaban J connectivity index is 2.07. The maximum absolute atomic E-state index is 11.8. The van der Waals surface area contributed by atoms with Crippen LogP contribution in [0.1, 0.15) is 10.5 Å². The maximum Gasteiger partial charge on any atom is 0.211 e. The summed E-state index contributed by atoms with van der Waals surface area (Å²) in [7, 11) is 0. The summed E-state index contributed by atoms with van der Waals surface area (Å²) in [6.45, 7) is 1.95. The number of ether oxygens (including phenoxy) is 1. The smallest absolute Gasteiger partial charge is 0.211 e. The van der Waals surface area contributed by atoms with Crippen LogP contribution >= 0.6 is 0 Å². The first-order chi connectivity index (χ1) is 6.88. The van der Waals surface area contributed by atoms with E-state index in [1.807, 2.05) is 0 Å². The van der Waals surface area contributed by atoms with Crippen molar-refractivity contribution in [1.29, 1.82) is 0 Å². The van der Waals surface area contributed by atoms with Gasteiger partial charge >= 0.3 is 0 Å². The second-order valence-electron chi connectivity index (χ2n) is 3.07. The zero-order valence-electron chi connectivity index (χ0n) is 7.69. The molecule has 0 spiro atoms. The molecule has 0 bridgehead atoms. The third-order valence-electron chi connectivity index (χ3n) is 2.09. The Morgan fingerprint density at radius 2 is 2.64 bits per heavy atom. The van der Waals surface area contributed by atoms with Crippen LogP contribution in [-0.4, -0.2) is 36.6 Å². The molecular formula is C10H11N2O2. The molecule has 1 atom stereocenters. The van der Waals surface area contributed by atoms with Crippen LogP contribution in [0.4, 0.5) is 0 Å². The number of ketones is 1. The van der Waals surface area contributed by atoms with Crippen molar-refractivity contribution >= 4 is 5.78 Å². The van der Waals surface area contributed by atoms with Crippen LogP contribution < -0.4 is 5.32 Å². The summed E-state index contributed by atoms with van der Waals surface area (Å²) in [5.41, 5.74) is 0.442. The minimum absolute atomic E-state index is 0.0637. The van der Waals surface area contributed by atoms with Gasteiger partial charge < -0.3 is 10.1 Å². The van der Waals surface area contributed by atoms with Gasteiger partial charge in [-0.3, -0.25) is 9.78 Å². The summed E-state index contributed by atoms with van der Waals surface area (Å²) >= 11 is 0. The number of carbonyl (C=O) groups excluding carboxylic acids is 1. The van der Waals surface area contributed by atoms with Gasteiger partial charge in [0, 0.05) is 25.4 Å². The molecule has 2 heterocycles. The van der Waals surface area contributed by atoms with Crippen LogP contribution in [0.3, 0.4) is 0 Å². The van der Waals surface area contributed by atoms with Gasteiger partial charge in [0.25, 0.3) is 0 Å². The van der Waals surface area contributed by atoms with Gasteiger partial charge in [-0.05, 0) is 6.07 Å². The number of morpholine rings is 1. The molecule has 1 radical (unpaired) electrons. The van der Waals surface area contributed by atoms with Crippen LogP contribution in [0, 0.1) is 6.07 Å². The van der Waals surface area contributed by atoms with Crippen molar-refractivity contribution in [1.82, 2.24) is 10.3 Å². The van der Waals surface area contributed by atoms with E-state index in [4.69, 9.17) is 4.74 Å². The number of carbonyl (C=O) groups is 1. The van der Waals surface area contributed by atoms with Crippen LogP contribution in [0.15, 0.2) is 18.3 Å². The molecule has 4 nitrogen and oxygen atoms in total. The minimum atomic E-state index is -0.390. The maximum atomic E-state index is 11.8. The summed E-state index contributed by atoms with van der Waals surface area (Å²) in [6, 6.07) is 6.10. The Morgan fingerprint density at radius 3 is 3.29 bits per heavy atom. The number of nitrogens with one attached hydrogen (secondary N) is 1. The first-order valence-corrected chi connectivity index (χ1v) is 4.56. The molecule has 1 aliphatic heterocycles. The van der Waals surface area contributed by atoms with E-state index in [0.717, 1.165) is 6.54 Å². The normalized spacial score (nSPS) is 21.9. The van der Waals surface area contributed by atoms with Crippen molar-refractivity contribution in [3.05, 3.63) is 30.1 Å². The number of rotatable bonds is 2. The number of Topliss-reactive ketones (excluding diaryl/α,β-unsaturated/α-hetero) is 1. The van der Waals surface area contributed by atoms with Crippen molar-refractivity contribution in [2.24, 2.45) is 0 Å². The van der Waals surface area contributed by atoms with Crippen molar-refractivity contribution in [2.45, 2.75) is 6.10 Å². The number of aromatic nitrogens is 1. The SMILES string of the molecule is O=C(c1cc[c]cn1)C1CNCCO1. The fraction of sp³-hybridized carbons (Fsp3) is 0.400. The number of nitrogens with zero attached hydrogens (tertiary/aromatic N) is 1. The Bertz CT molecular complexity index is 307. The fourth-order valence-electron chi connectivity index (χ4n) is 1.36. The summed E-state index contributed by atoms with van der Waals surface area (Å²) in [6.07, 6.45) is 1.10. The van der Waals surface area contributed by atoms with Crippen molar-refractivity contribution in [3.63, 3.8) is 0 Å². The Labute approximate surface area is 82.3 Å². The molecule has 73 valence electrons. The number of hydrogen-bond donors (Lipinski definition) is 1. The molecule has 4 heteroatoms. The molecule has 0 saturated carbocycles. The summed E-state index contributed by atoms with van der Waals surface area (Å²) in [4.78, 5) is 15.7. The van der Waals surface area contributed by atoms with Gasteiger partial charge in [-0.25, -0.2) is 0 Å². The topological polar surface area (TPSA) is 51.2 Å². The van der Waals surface area contributed by atoms with E-state index in [0.29, 0.717) is 18.8 Å². The molecule has 1 unspecified atom stereocenters. The quantitative estimate of drug-likeness (QED) is 0.671. The standard InChI is InChI=1S/C10H11N2O2/c13-10(8-3-1-2-4-12-8)9-7-11-5-6-14-9/h1,3-4,9,11H,5-7H2. The monoisotopic (exact) mass is 191 g/mol. The van der Waals surface area contributed by atoms with E-state index < -0.39 is 6.10 Å². The van der Waals surface area contributed by atoms with Gasteiger partial charge in [0.2, 0.25) is 5.78 Å². The molecule has 14 heavy (non-hydrogen) atoms. The van der Waals surface area contributed by atoms with Gasteiger partial charge in [-0.15, -0.1) is 0 Å². The van der Waals surface area contributed by atoms with E-state index in [1.165, 1.54) is 6.20 Å². The van der Waals surface area contributed by atoms with Gasteiger partial charge in [0.15, 0.2) is 0 Å². The van der Waals surface area contributed by atoms with Gasteiger partial charge in [0.1, 0.15) is 11.8 Å². The first-order valence-electron chi connectivity index (χ1n) is 4.56. The lowest BCUT2D eigenvalue weighted by atomic mass is 10.1. The highest BCUT2D eigenvalue weighted by atomic mass is 16.5. The molecule has 1 N–H and O–H groups in total. The Hall–Kier alpha value is -1.26. The van der Waals surface area contributed by atoms with Gasteiger partial charge in [-0.2, -0.15) is 0 Å². The van der Waals surface area contributed by atoms with E-state index in [1.54, 1.807) is 12.1 Å². The van der Waals surface area contributed by atoms with Crippen LogP contribution in [-0.2, 0) is 4.74 Å².